The number of phenolic OH excluding ortho intramolecular Hbond substituents is 1. The van der Waals surface area contributed by atoms with Gasteiger partial charge in [-0.2, -0.15) is 0 Å². The first-order valence-corrected chi connectivity index (χ1v) is 16.7. The molecule has 3 aromatic carbocycles. The van der Waals surface area contributed by atoms with Gasteiger partial charge in [0.1, 0.15) is 5.82 Å². The van der Waals surface area contributed by atoms with Crippen LogP contribution in [0.5, 0.6) is 11.5 Å². The molecule has 0 aliphatic heterocycles. The molecule has 10 heteroatoms. The molecule has 50 heavy (non-hydrogen) atoms. The van der Waals surface area contributed by atoms with Crippen LogP contribution < -0.4 is 20.7 Å². The number of hydrogen-bond acceptors (Lipinski definition) is 7. The van der Waals surface area contributed by atoms with Gasteiger partial charge in [-0.15, -0.1) is 0 Å². The van der Waals surface area contributed by atoms with Gasteiger partial charge in [0.15, 0.2) is 11.5 Å². The SMILES string of the molecule is COc1cc(CNC(=O)c2ccc(CNC(=O)Cc3cccc(C[C@@H](C)NC[C@H](O)c4ccc(-n5c(C)ccc5C)nc4)c3)cc2)ccc1O. The zero-order valence-electron chi connectivity index (χ0n) is 28.9. The van der Waals surface area contributed by atoms with E-state index in [1.807, 2.05) is 62.4 Å². The molecule has 2 heterocycles. The van der Waals surface area contributed by atoms with Gasteiger partial charge in [-0.25, -0.2) is 4.98 Å². The number of aromatic hydroxyl groups is 1. The van der Waals surface area contributed by atoms with E-state index in [1.54, 1.807) is 30.5 Å². The summed E-state index contributed by atoms with van der Waals surface area (Å²) >= 11 is 0. The summed E-state index contributed by atoms with van der Waals surface area (Å²) in [6, 6.07) is 28.1. The lowest BCUT2D eigenvalue weighted by Crippen LogP contribution is -2.32. The zero-order valence-corrected chi connectivity index (χ0v) is 28.9. The first kappa shape index (κ1) is 35.8. The molecule has 2 aromatic heterocycles. The van der Waals surface area contributed by atoms with Gasteiger partial charge in [0, 0.05) is 54.4 Å². The van der Waals surface area contributed by atoms with Crippen molar-refractivity contribution in [1.29, 1.82) is 0 Å². The predicted molar refractivity (Wildman–Crippen MR) is 193 cm³/mol. The van der Waals surface area contributed by atoms with Crippen LogP contribution in [0.25, 0.3) is 5.82 Å². The molecule has 10 nitrogen and oxygen atoms in total. The van der Waals surface area contributed by atoms with Crippen molar-refractivity contribution >= 4 is 11.8 Å². The molecular weight excluding hydrogens is 630 g/mol. The number of aliphatic hydroxyl groups excluding tert-OH is 1. The molecule has 5 aromatic rings. The van der Waals surface area contributed by atoms with Gasteiger partial charge in [0.2, 0.25) is 5.91 Å². The Labute approximate surface area is 293 Å². The Hall–Kier alpha value is -5.45. The molecule has 0 saturated heterocycles. The first-order chi connectivity index (χ1) is 24.1. The molecule has 5 N–H and O–H groups in total. The highest BCUT2D eigenvalue weighted by Crippen LogP contribution is 2.26. The molecular formula is C40H45N5O5. The van der Waals surface area contributed by atoms with Crippen LogP contribution in [-0.2, 0) is 30.7 Å². The number of phenols is 1. The second-order valence-corrected chi connectivity index (χ2v) is 12.6. The minimum absolute atomic E-state index is 0.0423. The van der Waals surface area contributed by atoms with Crippen molar-refractivity contribution in [3.05, 3.63) is 142 Å². The third kappa shape index (κ3) is 9.58. The number of amides is 2. The quantitative estimate of drug-likeness (QED) is 0.102. The number of rotatable bonds is 15. The van der Waals surface area contributed by atoms with Crippen molar-refractivity contribution in [2.24, 2.45) is 0 Å². The summed E-state index contributed by atoms with van der Waals surface area (Å²) in [5.74, 6) is 0.901. The van der Waals surface area contributed by atoms with Gasteiger partial charge in [-0.1, -0.05) is 48.5 Å². The van der Waals surface area contributed by atoms with Gasteiger partial charge < -0.3 is 35.5 Å². The summed E-state index contributed by atoms with van der Waals surface area (Å²) in [4.78, 5) is 30.0. The lowest BCUT2D eigenvalue weighted by molar-refractivity contribution is -0.120. The highest BCUT2D eigenvalue weighted by atomic mass is 16.5. The van der Waals surface area contributed by atoms with Crippen LogP contribution >= 0.6 is 0 Å². The molecule has 0 bridgehead atoms. The number of carbonyl (C=O) groups excluding carboxylic acids is 2. The Balaban J connectivity index is 1.04. The molecule has 260 valence electrons. The molecule has 2 amide bonds. The average molecular weight is 676 g/mol. The van der Waals surface area contributed by atoms with Crippen LogP contribution in [0.4, 0.5) is 0 Å². The van der Waals surface area contributed by atoms with Crippen molar-refractivity contribution in [3.63, 3.8) is 0 Å². The number of aromatic nitrogens is 2. The molecule has 0 radical (unpaired) electrons. The fraction of sp³-hybridized carbons (Fsp3) is 0.275. The van der Waals surface area contributed by atoms with Crippen molar-refractivity contribution in [2.45, 2.75) is 58.8 Å². The van der Waals surface area contributed by atoms with Gasteiger partial charge in [-0.3, -0.25) is 9.59 Å². The van der Waals surface area contributed by atoms with E-state index in [2.05, 4.69) is 44.6 Å². The van der Waals surface area contributed by atoms with Gasteiger partial charge in [-0.05, 0) is 91.9 Å². The topological polar surface area (TPSA) is 138 Å². The molecule has 0 saturated carbocycles. The zero-order chi connectivity index (χ0) is 35.6. The number of pyridine rings is 1. The van der Waals surface area contributed by atoms with Crippen molar-refractivity contribution in [1.82, 2.24) is 25.5 Å². The molecule has 0 aliphatic rings. The largest absolute Gasteiger partial charge is 0.504 e. The number of nitrogens with zero attached hydrogens (tertiary/aromatic N) is 2. The Kier molecular flexibility index (Phi) is 12.0. The van der Waals surface area contributed by atoms with Crippen LogP contribution in [-0.4, -0.2) is 51.3 Å². The normalized spacial score (nSPS) is 12.3. The number of nitrogens with one attached hydrogen (secondary N) is 3. The molecule has 0 fully saturated rings. The summed E-state index contributed by atoms with van der Waals surface area (Å²) in [5, 5.41) is 29.8. The standard InChI is InChI=1S/C40H45N5O5/c1-26(41-25-36(47)34-15-17-38(42-24-34)45-27(2)8-9-28(45)3)18-30-6-5-7-31(19-30)21-39(48)43-22-29-10-13-33(14-11-29)40(49)44-23-32-12-16-35(46)37(20-32)50-4/h5-17,19-20,24,26,36,41,46-47H,18,21-23,25H2,1-4H3,(H,43,48)(H,44,49)/t26-,36+/m1/s1. The van der Waals surface area contributed by atoms with Crippen LogP contribution in [0.15, 0.2) is 97.2 Å². The van der Waals surface area contributed by atoms with Crippen LogP contribution in [0.3, 0.4) is 0 Å². The highest BCUT2D eigenvalue weighted by Gasteiger charge is 2.13. The van der Waals surface area contributed by atoms with Crippen LogP contribution in [0, 0.1) is 13.8 Å². The van der Waals surface area contributed by atoms with Crippen molar-refractivity contribution in [2.75, 3.05) is 13.7 Å². The maximum absolute atomic E-state index is 12.8. The lowest BCUT2D eigenvalue weighted by atomic mass is 10.0. The van der Waals surface area contributed by atoms with Crippen LogP contribution in [0.1, 0.15) is 62.6 Å². The number of benzene rings is 3. The second kappa shape index (κ2) is 16.8. The highest BCUT2D eigenvalue weighted by molar-refractivity contribution is 5.94. The van der Waals surface area contributed by atoms with E-state index in [4.69, 9.17) is 4.74 Å². The molecule has 2 atom stereocenters. The van der Waals surface area contributed by atoms with Gasteiger partial charge in [0.25, 0.3) is 5.91 Å². The van der Waals surface area contributed by atoms with Crippen LogP contribution in [0.2, 0.25) is 0 Å². The van der Waals surface area contributed by atoms with E-state index < -0.39 is 6.10 Å². The third-order valence-corrected chi connectivity index (χ3v) is 8.62. The first-order valence-electron chi connectivity index (χ1n) is 16.7. The number of ether oxygens (including phenoxy) is 1. The van der Waals surface area contributed by atoms with Crippen molar-refractivity contribution < 1.29 is 24.5 Å². The van der Waals surface area contributed by atoms with Gasteiger partial charge in [0.05, 0.1) is 19.6 Å². The monoisotopic (exact) mass is 675 g/mol. The Morgan fingerprint density at radius 2 is 1.54 bits per heavy atom. The van der Waals surface area contributed by atoms with E-state index in [-0.39, 0.29) is 36.6 Å². The number of methoxy groups -OCH3 is 1. The maximum Gasteiger partial charge on any atom is 0.251 e. The Morgan fingerprint density at radius 3 is 2.24 bits per heavy atom. The lowest BCUT2D eigenvalue weighted by Gasteiger charge is -2.18. The second-order valence-electron chi connectivity index (χ2n) is 12.6. The smallest absolute Gasteiger partial charge is 0.251 e. The summed E-state index contributed by atoms with van der Waals surface area (Å²) in [6.07, 6.45) is 2.04. The fourth-order valence-corrected chi connectivity index (χ4v) is 5.82. The minimum atomic E-state index is -0.684. The summed E-state index contributed by atoms with van der Waals surface area (Å²) in [7, 11) is 1.47. The minimum Gasteiger partial charge on any atom is -0.504 e. The summed E-state index contributed by atoms with van der Waals surface area (Å²) in [6.45, 7) is 7.19. The van der Waals surface area contributed by atoms with E-state index in [9.17, 15) is 19.8 Å². The number of aryl methyl sites for hydroxylation is 2. The molecule has 0 spiro atoms. The molecule has 0 unspecified atom stereocenters. The number of hydrogen-bond donors (Lipinski definition) is 5. The third-order valence-electron chi connectivity index (χ3n) is 8.62. The number of aliphatic hydroxyl groups is 1. The number of carbonyl (C=O) groups is 2. The maximum atomic E-state index is 12.8. The Bertz CT molecular complexity index is 1880. The predicted octanol–water partition coefficient (Wildman–Crippen LogP) is 5.25. The van der Waals surface area contributed by atoms with E-state index >= 15 is 0 Å². The van der Waals surface area contributed by atoms with E-state index in [0.29, 0.717) is 24.4 Å². The van der Waals surface area contributed by atoms with Gasteiger partial charge >= 0.3 is 0 Å². The molecule has 0 aliphatic carbocycles. The Morgan fingerprint density at radius 1 is 0.840 bits per heavy atom. The van der Waals surface area contributed by atoms with Crippen molar-refractivity contribution in [3.8, 4) is 17.3 Å². The van der Waals surface area contributed by atoms with E-state index in [0.717, 1.165) is 51.4 Å². The summed E-state index contributed by atoms with van der Waals surface area (Å²) < 4.78 is 7.20. The van der Waals surface area contributed by atoms with E-state index in [1.165, 1.54) is 13.2 Å². The average Bonchev–Trinajstić information content (AvgIpc) is 3.46. The summed E-state index contributed by atoms with van der Waals surface area (Å²) in [5.41, 5.74) is 7.19. The fourth-order valence-electron chi connectivity index (χ4n) is 5.82. The molecule has 5 rings (SSSR count).